The maximum absolute atomic E-state index is 14.6. The molecule has 0 atom stereocenters. The van der Waals surface area contributed by atoms with Crippen molar-refractivity contribution < 1.29 is 17.6 Å². The van der Waals surface area contributed by atoms with Crippen molar-refractivity contribution in [2.24, 2.45) is 5.92 Å². The lowest BCUT2D eigenvalue weighted by atomic mass is 9.87. The van der Waals surface area contributed by atoms with Crippen molar-refractivity contribution >= 4 is 43.4 Å². The number of H-pyrrole nitrogens is 2. The molecule has 7 rings (SSSR count). The summed E-state index contributed by atoms with van der Waals surface area (Å²) >= 11 is 0. The van der Waals surface area contributed by atoms with Crippen molar-refractivity contribution in [1.82, 2.24) is 34.9 Å². The molecule has 5 heterocycles. The Hall–Kier alpha value is -5.01. The molecular formula is C34H33FN8O3S. The van der Waals surface area contributed by atoms with Crippen LogP contribution in [0.2, 0.25) is 0 Å². The summed E-state index contributed by atoms with van der Waals surface area (Å²) in [4.78, 5) is 29.7. The molecule has 1 aliphatic rings. The third kappa shape index (κ3) is 6.91. The summed E-state index contributed by atoms with van der Waals surface area (Å²) < 4.78 is 40.2. The molecule has 240 valence electrons. The second kappa shape index (κ2) is 12.6. The number of pyridine rings is 3. The molecule has 0 aliphatic heterocycles. The van der Waals surface area contributed by atoms with Crippen LogP contribution in [0.25, 0.3) is 55.7 Å². The molecule has 13 heteroatoms. The lowest BCUT2D eigenvalue weighted by molar-refractivity contribution is -0.117. The average Bonchev–Trinajstić information content (AvgIpc) is 3.68. The Morgan fingerprint density at radius 1 is 0.936 bits per heavy atom. The molecule has 6 aromatic rings. The Balaban J connectivity index is 1.18. The number of nitrogens with zero attached hydrogens (tertiary/aromatic N) is 4. The Morgan fingerprint density at radius 3 is 2.60 bits per heavy atom. The van der Waals surface area contributed by atoms with Crippen molar-refractivity contribution in [2.45, 2.75) is 45.1 Å². The molecule has 0 spiro atoms. The maximum atomic E-state index is 14.6. The van der Waals surface area contributed by atoms with E-state index >= 15 is 0 Å². The molecule has 5 aromatic heterocycles. The number of hydrogen-bond acceptors (Lipinski definition) is 7. The number of carbonyl (C=O) groups excluding carboxylic acids is 1. The van der Waals surface area contributed by atoms with Gasteiger partial charge in [0.1, 0.15) is 11.5 Å². The van der Waals surface area contributed by atoms with Gasteiger partial charge in [0, 0.05) is 52.8 Å². The van der Waals surface area contributed by atoms with Crippen LogP contribution in [0, 0.1) is 11.7 Å². The topological polar surface area (TPSA) is 158 Å². The fourth-order valence-electron chi connectivity index (χ4n) is 6.31. The molecule has 1 aromatic carbocycles. The van der Waals surface area contributed by atoms with Crippen molar-refractivity contribution in [1.29, 1.82) is 0 Å². The number of halogens is 1. The molecule has 11 nitrogen and oxygen atoms in total. The number of amides is 1. The molecule has 47 heavy (non-hydrogen) atoms. The number of fused-ring (bicyclic) bond motifs is 2. The number of nitrogens with one attached hydrogen (secondary N) is 4. The molecule has 0 saturated heterocycles. The smallest absolute Gasteiger partial charge is 0.224 e. The Labute approximate surface area is 270 Å². The summed E-state index contributed by atoms with van der Waals surface area (Å²) in [6, 6.07) is 11.9. The molecule has 0 unspecified atom stereocenters. The van der Waals surface area contributed by atoms with Crippen LogP contribution < -0.4 is 10.0 Å². The third-order valence-electron chi connectivity index (χ3n) is 8.54. The summed E-state index contributed by atoms with van der Waals surface area (Å²) in [5, 5.41) is 12.2. The lowest BCUT2D eigenvalue weighted by Crippen LogP contribution is -2.21. The van der Waals surface area contributed by atoms with Crippen molar-refractivity contribution in [3.8, 4) is 33.9 Å². The van der Waals surface area contributed by atoms with Crippen LogP contribution in [-0.4, -0.2) is 50.7 Å². The van der Waals surface area contributed by atoms with Crippen molar-refractivity contribution in [2.75, 3.05) is 11.6 Å². The third-order valence-corrected chi connectivity index (χ3v) is 9.21. The van der Waals surface area contributed by atoms with Gasteiger partial charge < -0.3 is 10.3 Å². The minimum atomic E-state index is -3.45. The molecule has 1 aliphatic carbocycles. The molecule has 4 N–H and O–H groups in total. The minimum Gasteiger partial charge on any atom is -0.353 e. The van der Waals surface area contributed by atoms with E-state index in [4.69, 9.17) is 0 Å². The van der Waals surface area contributed by atoms with Gasteiger partial charge in [-0.05, 0) is 66.8 Å². The van der Waals surface area contributed by atoms with Gasteiger partial charge in [-0.3, -0.25) is 24.8 Å². The fraction of sp³-hybridized carbons (Fsp3) is 0.265. The highest BCUT2D eigenvalue weighted by Gasteiger charge is 2.19. The molecule has 1 fully saturated rings. The first-order chi connectivity index (χ1) is 22.7. The van der Waals surface area contributed by atoms with Crippen LogP contribution in [0.5, 0.6) is 0 Å². The first-order valence-electron chi connectivity index (χ1n) is 15.5. The molecule has 1 amide bonds. The van der Waals surface area contributed by atoms with Gasteiger partial charge in [-0.25, -0.2) is 17.5 Å². The zero-order chi connectivity index (χ0) is 32.5. The van der Waals surface area contributed by atoms with Gasteiger partial charge in [-0.2, -0.15) is 5.10 Å². The predicted octanol–water partition coefficient (Wildman–Crippen LogP) is 6.33. The standard InChI is InChI=1S/C34H33FN8O3S/c1-47(45,46)39-16-21-9-22(12-24(35)10-21)33-26-15-30(41-28(26)7-8-37-33)34-27-14-29(38-19-31(27)42-43-34)23-13-25(18-36-17-23)40-32(44)11-20-5-3-2-4-6-20/h7-10,12-15,17-20,39,41H,2-6,11,16H2,1H3,(H,40,44)(H,42,43). The second-order valence-corrected chi connectivity index (χ2v) is 14.0. The first kappa shape index (κ1) is 30.6. The molecule has 1 saturated carbocycles. The maximum Gasteiger partial charge on any atom is 0.224 e. The van der Waals surface area contributed by atoms with E-state index in [0.29, 0.717) is 46.2 Å². The van der Waals surface area contributed by atoms with Crippen LogP contribution >= 0.6 is 0 Å². The predicted molar refractivity (Wildman–Crippen MR) is 179 cm³/mol. The van der Waals surface area contributed by atoms with E-state index < -0.39 is 15.8 Å². The number of aromatic amines is 2. The van der Waals surface area contributed by atoms with Gasteiger partial charge in [-0.15, -0.1) is 0 Å². The quantitative estimate of drug-likeness (QED) is 0.142. The Bertz CT molecular complexity index is 2220. The van der Waals surface area contributed by atoms with Gasteiger partial charge in [0.05, 0.1) is 46.9 Å². The van der Waals surface area contributed by atoms with E-state index in [1.807, 2.05) is 24.3 Å². The Kier molecular flexibility index (Phi) is 8.24. The molecule has 0 bridgehead atoms. The van der Waals surface area contributed by atoms with E-state index in [1.165, 1.54) is 31.4 Å². The van der Waals surface area contributed by atoms with E-state index in [1.54, 1.807) is 30.9 Å². The van der Waals surface area contributed by atoms with E-state index in [0.717, 1.165) is 52.2 Å². The summed E-state index contributed by atoms with van der Waals surface area (Å²) in [5.41, 5.74) is 6.47. The normalized spacial score (nSPS) is 14.2. The second-order valence-electron chi connectivity index (χ2n) is 12.2. The average molecular weight is 653 g/mol. The van der Waals surface area contributed by atoms with E-state index in [9.17, 15) is 17.6 Å². The van der Waals surface area contributed by atoms with Crippen molar-refractivity contribution in [3.05, 3.63) is 78.6 Å². The summed E-state index contributed by atoms with van der Waals surface area (Å²) in [6.45, 7) is -0.0428. The van der Waals surface area contributed by atoms with Gasteiger partial charge in [-0.1, -0.05) is 19.3 Å². The highest BCUT2D eigenvalue weighted by molar-refractivity contribution is 7.88. The number of hydrogen-bond donors (Lipinski definition) is 4. The Morgan fingerprint density at radius 2 is 1.77 bits per heavy atom. The number of anilines is 1. The largest absolute Gasteiger partial charge is 0.353 e. The minimum absolute atomic E-state index is 0.00379. The van der Waals surface area contributed by atoms with Gasteiger partial charge in [0.15, 0.2) is 0 Å². The number of sulfonamides is 1. The van der Waals surface area contributed by atoms with Crippen LogP contribution in [0.3, 0.4) is 0 Å². The van der Waals surface area contributed by atoms with E-state index in [2.05, 4.69) is 40.2 Å². The molecular weight excluding hydrogens is 619 g/mol. The first-order valence-corrected chi connectivity index (χ1v) is 17.4. The highest BCUT2D eigenvalue weighted by Crippen LogP contribution is 2.35. The highest BCUT2D eigenvalue weighted by atomic mass is 32.2. The van der Waals surface area contributed by atoms with Crippen LogP contribution in [-0.2, 0) is 21.4 Å². The van der Waals surface area contributed by atoms with Crippen LogP contribution in [0.1, 0.15) is 44.1 Å². The summed E-state index contributed by atoms with van der Waals surface area (Å²) in [7, 11) is -3.45. The number of aromatic nitrogens is 6. The van der Waals surface area contributed by atoms with Crippen molar-refractivity contribution in [3.63, 3.8) is 0 Å². The monoisotopic (exact) mass is 652 g/mol. The zero-order valence-electron chi connectivity index (χ0n) is 25.7. The van der Waals surface area contributed by atoms with Gasteiger partial charge >= 0.3 is 0 Å². The fourth-order valence-corrected chi connectivity index (χ4v) is 6.74. The number of benzene rings is 1. The summed E-state index contributed by atoms with van der Waals surface area (Å²) in [6.07, 6.45) is 14.1. The zero-order valence-corrected chi connectivity index (χ0v) is 26.5. The van der Waals surface area contributed by atoms with E-state index in [-0.39, 0.29) is 12.5 Å². The van der Waals surface area contributed by atoms with Gasteiger partial charge in [0.25, 0.3) is 0 Å². The van der Waals surface area contributed by atoms with Crippen LogP contribution in [0.15, 0.2) is 67.3 Å². The SMILES string of the molecule is CS(=O)(=O)NCc1cc(F)cc(-c2nccc3[nH]c(-c4n[nH]c5cnc(-c6cncc(NC(=O)CC7CCCCC7)c6)cc45)cc23)c1. The van der Waals surface area contributed by atoms with Crippen LogP contribution in [0.4, 0.5) is 10.1 Å². The number of carbonyl (C=O) groups is 1. The number of rotatable bonds is 9. The van der Waals surface area contributed by atoms with Gasteiger partial charge in [0.2, 0.25) is 15.9 Å². The molecule has 0 radical (unpaired) electrons. The lowest BCUT2D eigenvalue weighted by Gasteiger charge is -2.20. The summed E-state index contributed by atoms with van der Waals surface area (Å²) in [5.74, 6) is -0.0531.